The number of aromatic carboxylic acids is 1. The van der Waals surface area contributed by atoms with Crippen LogP contribution in [0.2, 0.25) is 5.02 Å². The number of anilines is 1. The number of hydrogen-bond acceptors (Lipinski definition) is 5. The summed E-state index contributed by atoms with van der Waals surface area (Å²) >= 11 is 5.98. The lowest BCUT2D eigenvalue weighted by Gasteiger charge is -2.22. The van der Waals surface area contributed by atoms with E-state index in [2.05, 4.69) is 5.32 Å². The standard InChI is InChI=1S/C13H14ClNO6/c1-19-10-5-9(8(14)4-7(10)13(17)18)15-12(16)11-6-20-2-3-21-11/h4-5,11H,2-3,6H2,1H3,(H,15,16)(H,17,18). The summed E-state index contributed by atoms with van der Waals surface area (Å²) in [7, 11) is 1.33. The van der Waals surface area contributed by atoms with Crippen LogP contribution >= 0.6 is 11.6 Å². The minimum atomic E-state index is -1.17. The zero-order valence-corrected chi connectivity index (χ0v) is 12.0. The molecule has 0 saturated carbocycles. The zero-order chi connectivity index (χ0) is 15.4. The molecule has 1 unspecified atom stereocenters. The maximum atomic E-state index is 12.0. The Morgan fingerprint density at radius 2 is 2.19 bits per heavy atom. The number of amides is 1. The highest BCUT2D eigenvalue weighted by Crippen LogP contribution is 2.31. The molecule has 1 aliphatic heterocycles. The van der Waals surface area contributed by atoms with Crippen LogP contribution in [0.25, 0.3) is 0 Å². The molecule has 7 nitrogen and oxygen atoms in total. The number of carboxylic acids is 1. The largest absolute Gasteiger partial charge is 0.496 e. The Bertz CT molecular complexity index is 556. The van der Waals surface area contributed by atoms with Crippen LogP contribution < -0.4 is 10.1 Å². The molecule has 21 heavy (non-hydrogen) atoms. The van der Waals surface area contributed by atoms with Crippen LogP contribution in [0, 0.1) is 0 Å². The molecule has 1 heterocycles. The summed E-state index contributed by atoms with van der Waals surface area (Å²) < 4.78 is 15.4. The number of carbonyl (C=O) groups is 2. The van der Waals surface area contributed by atoms with Crippen molar-refractivity contribution in [2.45, 2.75) is 6.10 Å². The number of methoxy groups -OCH3 is 1. The monoisotopic (exact) mass is 315 g/mol. The summed E-state index contributed by atoms with van der Waals surface area (Å²) in [6, 6.07) is 2.57. The second-order valence-corrected chi connectivity index (χ2v) is 4.67. The second kappa shape index (κ2) is 6.75. The van der Waals surface area contributed by atoms with Crippen LogP contribution in [0.4, 0.5) is 5.69 Å². The molecule has 1 aromatic carbocycles. The van der Waals surface area contributed by atoms with E-state index in [-0.39, 0.29) is 28.6 Å². The van der Waals surface area contributed by atoms with Gasteiger partial charge in [-0.3, -0.25) is 4.79 Å². The predicted molar refractivity (Wildman–Crippen MR) is 74.2 cm³/mol. The average Bonchev–Trinajstić information content (AvgIpc) is 2.49. The summed E-state index contributed by atoms with van der Waals surface area (Å²) in [5.74, 6) is -1.49. The predicted octanol–water partition coefficient (Wildman–Crippen LogP) is 1.40. The first kappa shape index (κ1) is 15.6. The highest BCUT2D eigenvalue weighted by Gasteiger charge is 2.24. The third kappa shape index (κ3) is 3.63. The van der Waals surface area contributed by atoms with Crippen molar-refractivity contribution in [2.75, 3.05) is 32.2 Å². The molecule has 1 amide bonds. The van der Waals surface area contributed by atoms with Crippen LogP contribution in [-0.2, 0) is 14.3 Å². The van der Waals surface area contributed by atoms with Crippen molar-refractivity contribution < 1.29 is 28.9 Å². The van der Waals surface area contributed by atoms with Gasteiger partial charge in [-0.25, -0.2) is 4.79 Å². The minimum Gasteiger partial charge on any atom is -0.496 e. The Hall–Kier alpha value is -1.83. The molecule has 2 N–H and O–H groups in total. The van der Waals surface area contributed by atoms with Gasteiger partial charge in [0.15, 0.2) is 6.10 Å². The number of rotatable bonds is 4. The normalized spacial score (nSPS) is 18.1. The van der Waals surface area contributed by atoms with Gasteiger partial charge in [-0.15, -0.1) is 0 Å². The van der Waals surface area contributed by atoms with Gasteiger partial charge < -0.3 is 24.6 Å². The molecule has 0 aromatic heterocycles. The van der Waals surface area contributed by atoms with Gasteiger partial charge in [-0.05, 0) is 6.07 Å². The molecule has 114 valence electrons. The van der Waals surface area contributed by atoms with Crippen molar-refractivity contribution in [3.8, 4) is 5.75 Å². The molecule has 1 saturated heterocycles. The van der Waals surface area contributed by atoms with Crippen molar-refractivity contribution in [2.24, 2.45) is 0 Å². The van der Waals surface area contributed by atoms with Gasteiger partial charge in [0.25, 0.3) is 5.91 Å². The van der Waals surface area contributed by atoms with E-state index < -0.39 is 18.0 Å². The third-order valence-corrected chi connectivity index (χ3v) is 3.20. The summed E-state index contributed by atoms with van der Waals surface area (Å²) in [5.41, 5.74) is 0.162. The second-order valence-electron chi connectivity index (χ2n) is 4.26. The summed E-state index contributed by atoms with van der Waals surface area (Å²) in [4.78, 5) is 23.1. The van der Waals surface area contributed by atoms with E-state index in [1.54, 1.807) is 0 Å². The maximum Gasteiger partial charge on any atom is 0.339 e. The Balaban J connectivity index is 2.19. The van der Waals surface area contributed by atoms with Crippen molar-refractivity contribution in [1.82, 2.24) is 0 Å². The number of hydrogen-bond donors (Lipinski definition) is 2. The molecular weight excluding hydrogens is 302 g/mol. The van der Waals surface area contributed by atoms with Crippen molar-refractivity contribution in [3.05, 3.63) is 22.7 Å². The Labute approximate surface area is 125 Å². The van der Waals surface area contributed by atoms with E-state index in [9.17, 15) is 9.59 Å². The number of ether oxygens (including phenoxy) is 3. The highest BCUT2D eigenvalue weighted by molar-refractivity contribution is 6.34. The van der Waals surface area contributed by atoms with E-state index in [1.807, 2.05) is 0 Å². The van der Waals surface area contributed by atoms with Gasteiger partial charge >= 0.3 is 5.97 Å². The molecular formula is C13H14ClNO6. The molecule has 2 rings (SSSR count). The molecule has 1 aliphatic rings. The minimum absolute atomic E-state index is 0.0854. The van der Waals surface area contributed by atoms with E-state index >= 15 is 0 Å². The molecule has 0 bridgehead atoms. The Kier molecular flexibility index (Phi) is 5.00. The van der Waals surface area contributed by atoms with Crippen molar-refractivity contribution >= 4 is 29.2 Å². The molecule has 8 heteroatoms. The lowest BCUT2D eigenvalue weighted by Crippen LogP contribution is -2.39. The fourth-order valence-corrected chi connectivity index (χ4v) is 2.05. The maximum absolute atomic E-state index is 12.0. The first-order chi connectivity index (χ1) is 10.0. The number of nitrogens with one attached hydrogen (secondary N) is 1. The van der Waals surface area contributed by atoms with E-state index in [0.29, 0.717) is 13.2 Å². The Morgan fingerprint density at radius 3 is 2.76 bits per heavy atom. The first-order valence-corrected chi connectivity index (χ1v) is 6.51. The van der Waals surface area contributed by atoms with Gasteiger partial charge in [-0.1, -0.05) is 11.6 Å². The van der Waals surface area contributed by atoms with Crippen molar-refractivity contribution in [1.29, 1.82) is 0 Å². The van der Waals surface area contributed by atoms with E-state index in [1.165, 1.54) is 19.2 Å². The SMILES string of the molecule is COc1cc(NC(=O)C2COCCO2)c(Cl)cc1C(=O)O. The molecule has 0 radical (unpaired) electrons. The van der Waals surface area contributed by atoms with Crippen LogP contribution in [0.15, 0.2) is 12.1 Å². The number of halogens is 1. The number of carboxylic acid groups (broad SMARTS) is 1. The van der Waals surface area contributed by atoms with Crippen LogP contribution in [0.1, 0.15) is 10.4 Å². The quantitative estimate of drug-likeness (QED) is 0.872. The molecule has 1 fully saturated rings. The third-order valence-electron chi connectivity index (χ3n) is 2.89. The topological polar surface area (TPSA) is 94.1 Å². The lowest BCUT2D eigenvalue weighted by molar-refractivity contribution is -0.142. The summed E-state index contributed by atoms with van der Waals surface area (Å²) in [6.45, 7) is 0.951. The molecule has 0 aliphatic carbocycles. The first-order valence-electron chi connectivity index (χ1n) is 6.14. The lowest BCUT2D eigenvalue weighted by atomic mass is 10.1. The van der Waals surface area contributed by atoms with Gasteiger partial charge in [0.05, 0.1) is 37.6 Å². The summed E-state index contributed by atoms with van der Waals surface area (Å²) in [5, 5.41) is 11.7. The van der Waals surface area contributed by atoms with Gasteiger partial charge in [0, 0.05) is 6.07 Å². The van der Waals surface area contributed by atoms with Crippen LogP contribution in [0.3, 0.4) is 0 Å². The van der Waals surface area contributed by atoms with Gasteiger partial charge in [-0.2, -0.15) is 0 Å². The van der Waals surface area contributed by atoms with Gasteiger partial charge in [0.1, 0.15) is 11.3 Å². The number of benzene rings is 1. The summed E-state index contributed by atoms with van der Waals surface area (Å²) in [6.07, 6.45) is -0.722. The molecule has 1 aromatic rings. The number of carbonyl (C=O) groups excluding carboxylic acids is 1. The molecule has 0 spiro atoms. The molecule has 1 atom stereocenters. The smallest absolute Gasteiger partial charge is 0.339 e. The van der Waals surface area contributed by atoms with Crippen LogP contribution in [0.5, 0.6) is 5.75 Å². The Morgan fingerprint density at radius 1 is 1.43 bits per heavy atom. The van der Waals surface area contributed by atoms with Crippen LogP contribution in [-0.4, -0.2) is 50.0 Å². The fraction of sp³-hybridized carbons (Fsp3) is 0.385. The average molecular weight is 316 g/mol. The van der Waals surface area contributed by atoms with Gasteiger partial charge in [0.2, 0.25) is 0 Å². The highest BCUT2D eigenvalue weighted by atomic mass is 35.5. The zero-order valence-electron chi connectivity index (χ0n) is 11.2. The fourth-order valence-electron chi connectivity index (χ4n) is 1.84. The van der Waals surface area contributed by atoms with E-state index in [0.717, 1.165) is 0 Å². The van der Waals surface area contributed by atoms with E-state index in [4.69, 9.17) is 30.9 Å². The van der Waals surface area contributed by atoms with Crippen molar-refractivity contribution in [3.63, 3.8) is 0 Å².